The Labute approximate surface area is 170 Å². The number of benzene rings is 1. The van der Waals surface area contributed by atoms with E-state index in [0.717, 1.165) is 56.2 Å². The molecule has 3 heteroatoms. The molecule has 0 fully saturated rings. The average molecular weight is 382 g/mol. The van der Waals surface area contributed by atoms with Crippen LogP contribution in [0.15, 0.2) is 30.3 Å². The van der Waals surface area contributed by atoms with Gasteiger partial charge in [0.05, 0.1) is 18.9 Å². The van der Waals surface area contributed by atoms with Gasteiger partial charge in [-0.25, -0.2) is 4.98 Å². The largest absolute Gasteiger partial charge is 0.494 e. The third-order valence-electron chi connectivity index (χ3n) is 5.46. The van der Waals surface area contributed by atoms with Crippen molar-refractivity contribution < 1.29 is 9.47 Å². The second-order valence-corrected chi connectivity index (χ2v) is 7.78. The highest BCUT2D eigenvalue weighted by Gasteiger charge is 2.18. The molecule has 0 bridgehead atoms. The number of ether oxygens (including phenoxy) is 2. The van der Waals surface area contributed by atoms with Crippen molar-refractivity contribution in [1.82, 2.24) is 4.98 Å². The van der Waals surface area contributed by atoms with Gasteiger partial charge in [0, 0.05) is 11.6 Å². The van der Waals surface area contributed by atoms with E-state index >= 15 is 0 Å². The molecule has 28 heavy (non-hydrogen) atoms. The van der Waals surface area contributed by atoms with E-state index in [1.807, 2.05) is 6.07 Å². The molecule has 0 atom stereocenters. The number of nitrogens with zero attached hydrogens (tertiary/aromatic N) is 1. The van der Waals surface area contributed by atoms with Gasteiger partial charge in [0.1, 0.15) is 5.75 Å². The Kier molecular flexibility index (Phi) is 8.20. The Morgan fingerprint density at radius 3 is 2.32 bits per heavy atom. The van der Waals surface area contributed by atoms with Crippen molar-refractivity contribution in [3.8, 4) is 22.8 Å². The monoisotopic (exact) mass is 381 g/mol. The Balaban J connectivity index is 1.58. The van der Waals surface area contributed by atoms with Gasteiger partial charge in [0.2, 0.25) is 5.88 Å². The van der Waals surface area contributed by atoms with Crippen molar-refractivity contribution in [2.24, 2.45) is 0 Å². The number of hydrogen-bond acceptors (Lipinski definition) is 3. The zero-order valence-electron chi connectivity index (χ0n) is 17.6. The van der Waals surface area contributed by atoms with E-state index in [9.17, 15) is 0 Å². The maximum atomic E-state index is 5.99. The predicted molar refractivity (Wildman–Crippen MR) is 116 cm³/mol. The Morgan fingerprint density at radius 2 is 1.46 bits per heavy atom. The molecule has 0 aliphatic heterocycles. The molecule has 0 amide bonds. The van der Waals surface area contributed by atoms with Crippen LogP contribution in [0.4, 0.5) is 0 Å². The molecule has 2 aromatic rings. The first-order chi connectivity index (χ1) is 13.8. The van der Waals surface area contributed by atoms with Crippen molar-refractivity contribution in [3.05, 3.63) is 41.6 Å². The van der Waals surface area contributed by atoms with E-state index in [4.69, 9.17) is 14.5 Å². The Hall–Kier alpha value is -2.03. The number of hydrogen-bond donors (Lipinski definition) is 0. The minimum atomic E-state index is 0.759. The lowest BCUT2D eigenvalue weighted by atomic mass is 9.88. The van der Waals surface area contributed by atoms with Gasteiger partial charge in [0.25, 0.3) is 0 Å². The van der Waals surface area contributed by atoms with Gasteiger partial charge in [-0.3, -0.25) is 0 Å². The summed E-state index contributed by atoms with van der Waals surface area (Å²) in [6, 6.07) is 10.7. The van der Waals surface area contributed by atoms with Gasteiger partial charge >= 0.3 is 0 Å². The molecule has 1 aromatic heterocycles. The summed E-state index contributed by atoms with van der Waals surface area (Å²) in [7, 11) is 0. The summed E-state index contributed by atoms with van der Waals surface area (Å²) in [4.78, 5) is 4.76. The minimum absolute atomic E-state index is 0.759. The van der Waals surface area contributed by atoms with E-state index in [0.29, 0.717) is 0 Å². The predicted octanol–water partition coefficient (Wildman–Crippen LogP) is 6.77. The highest BCUT2D eigenvalue weighted by atomic mass is 16.5. The third-order valence-corrected chi connectivity index (χ3v) is 5.46. The summed E-state index contributed by atoms with van der Waals surface area (Å²) in [6.45, 7) is 6.03. The molecule has 0 saturated heterocycles. The number of rotatable bonds is 12. The number of fused-ring (bicyclic) bond motifs is 3. The Bertz CT molecular complexity index is 741. The second kappa shape index (κ2) is 11.1. The maximum Gasteiger partial charge on any atom is 0.213 e. The molecule has 1 aliphatic rings. The zero-order valence-corrected chi connectivity index (χ0v) is 17.6. The van der Waals surface area contributed by atoms with Gasteiger partial charge < -0.3 is 9.47 Å². The summed E-state index contributed by atoms with van der Waals surface area (Å²) in [5.74, 6) is 1.77. The van der Waals surface area contributed by atoms with Crippen molar-refractivity contribution in [2.45, 2.75) is 78.1 Å². The molecule has 0 unspecified atom stereocenters. The van der Waals surface area contributed by atoms with Crippen LogP contribution in [0.25, 0.3) is 11.1 Å². The van der Waals surface area contributed by atoms with E-state index in [1.165, 1.54) is 55.2 Å². The second-order valence-electron chi connectivity index (χ2n) is 7.78. The normalized spacial score (nSPS) is 12.4. The van der Waals surface area contributed by atoms with Crippen LogP contribution in [0.1, 0.15) is 76.5 Å². The molecule has 0 N–H and O–H groups in total. The molecule has 1 heterocycles. The minimum Gasteiger partial charge on any atom is -0.494 e. The third kappa shape index (κ3) is 5.73. The van der Waals surface area contributed by atoms with E-state index in [1.54, 1.807) is 0 Å². The molecule has 1 aliphatic carbocycles. The number of aromatic nitrogens is 1. The highest BCUT2D eigenvalue weighted by molar-refractivity contribution is 5.73. The maximum absolute atomic E-state index is 5.99. The molecule has 152 valence electrons. The zero-order chi connectivity index (χ0) is 19.6. The highest BCUT2D eigenvalue weighted by Crippen LogP contribution is 2.35. The van der Waals surface area contributed by atoms with Crippen LogP contribution in [0, 0.1) is 0 Å². The van der Waals surface area contributed by atoms with Crippen molar-refractivity contribution in [3.63, 3.8) is 0 Å². The lowest BCUT2D eigenvalue weighted by Crippen LogP contribution is -2.08. The van der Waals surface area contributed by atoms with Gasteiger partial charge in [-0.2, -0.15) is 0 Å². The molecule has 0 saturated carbocycles. The van der Waals surface area contributed by atoms with Crippen LogP contribution in [0.2, 0.25) is 0 Å². The summed E-state index contributed by atoms with van der Waals surface area (Å²) in [5.41, 5.74) is 5.06. The molecular weight excluding hydrogens is 346 g/mol. The molecule has 0 spiro atoms. The van der Waals surface area contributed by atoms with Crippen LogP contribution in [0.5, 0.6) is 11.6 Å². The molecule has 1 aromatic carbocycles. The average Bonchev–Trinajstić information content (AvgIpc) is 2.73. The molecule has 3 rings (SSSR count). The molecule has 0 radical (unpaired) electrons. The van der Waals surface area contributed by atoms with Gasteiger partial charge in [0.15, 0.2) is 0 Å². The first-order valence-electron chi connectivity index (χ1n) is 11.2. The number of unbranched alkanes of at least 4 members (excludes halogenated alkanes) is 6. The van der Waals surface area contributed by atoms with Gasteiger partial charge in [-0.05, 0) is 55.0 Å². The fraction of sp³-hybridized carbons (Fsp3) is 0.560. The summed E-state index contributed by atoms with van der Waals surface area (Å²) in [5, 5.41) is 0. The van der Waals surface area contributed by atoms with Gasteiger partial charge in [-0.15, -0.1) is 0 Å². The topological polar surface area (TPSA) is 31.4 Å². The van der Waals surface area contributed by atoms with Crippen molar-refractivity contribution in [1.29, 1.82) is 0 Å². The van der Waals surface area contributed by atoms with Crippen LogP contribution >= 0.6 is 0 Å². The standard InChI is InChI=1S/C25H35NO2/c1-3-5-7-8-10-17-27-21-12-13-22-20(19-21)11-15-24-23(22)14-16-25(26-24)28-18-9-6-4-2/h12-14,16,19H,3-11,15,17-18H2,1-2H3. The lowest BCUT2D eigenvalue weighted by Gasteiger charge is -2.20. The van der Waals surface area contributed by atoms with E-state index < -0.39 is 0 Å². The molecular formula is C25H35NO2. The molecule has 3 nitrogen and oxygen atoms in total. The van der Waals surface area contributed by atoms with Crippen LogP contribution in [-0.4, -0.2) is 18.2 Å². The number of aryl methyl sites for hydroxylation is 2. The first-order valence-corrected chi connectivity index (χ1v) is 11.2. The van der Waals surface area contributed by atoms with Gasteiger partial charge in [-0.1, -0.05) is 58.4 Å². The SMILES string of the molecule is CCCCCCCOc1ccc2c(c1)CCc1nc(OCCCCC)ccc1-2. The van der Waals surface area contributed by atoms with Crippen molar-refractivity contribution >= 4 is 0 Å². The lowest BCUT2D eigenvalue weighted by molar-refractivity contribution is 0.294. The summed E-state index contributed by atoms with van der Waals surface area (Å²) >= 11 is 0. The van der Waals surface area contributed by atoms with Crippen molar-refractivity contribution in [2.75, 3.05) is 13.2 Å². The Morgan fingerprint density at radius 1 is 0.750 bits per heavy atom. The van der Waals surface area contributed by atoms with Crippen LogP contribution in [-0.2, 0) is 12.8 Å². The first kappa shape index (κ1) is 20.7. The summed E-state index contributed by atoms with van der Waals surface area (Å²) < 4.78 is 11.8. The van der Waals surface area contributed by atoms with Crippen LogP contribution < -0.4 is 9.47 Å². The fourth-order valence-electron chi connectivity index (χ4n) is 3.80. The smallest absolute Gasteiger partial charge is 0.213 e. The van der Waals surface area contributed by atoms with E-state index in [-0.39, 0.29) is 0 Å². The fourth-order valence-corrected chi connectivity index (χ4v) is 3.80. The summed E-state index contributed by atoms with van der Waals surface area (Å²) in [6.07, 6.45) is 11.8. The quantitative estimate of drug-likeness (QED) is 0.380. The number of pyridine rings is 1. The van der Waals surface area contributed by atoms with E-state index in [2.05, 4.69) is 38.1 Å². The van der Waals surface area contributed by atoms with Crippen LogP contribution in [0.3, 0.4) is 0 Å².